The number of nitrogens with zero attached hydrogens (tertiary/aromatic N) is 1. The summed E-state index contributed by atoms with van der Waals surface area (Å²) >= 11 is 0. The Morgan fingerprint density at radius 2 is 2.11 bits per heavy atom. The zero-order chi connectivity index (χ0) is 13.1. The summed E-state index contributed by atoms with van der Waals surface area (Å²) in [5, 5.41) is 12.6. The number of carbonyl (C=O) groups is 1. The summed E-state index contributed by atoms with van der Waals surface area (Å²) in [7, 11) is 2.71. The van der Waals surface area contributed by atoms with E-state index in [-0.39, 0.29) is 0 Å². The maximum absolute atomic E-state index is 11.2. The molecule has 2 rings (SSSR count). The Balaban J connectivity index is 2.12. The van der Waals surface area contributed by atoms with Crippen molar-refractivity contribution in [3.63, 3.8) is 0 Å². The molecule has 2 N–H and O–H groups in total. The molecular weight excluding hydrogens is 247 g/mol. The van der Waals surface area contributed by atoms with Gasteiger partial charge in [-0.05, 0) is 37.5 Å². The second kappa shape index (κ2) is 5.68. The van der Waals surface area contributed by atoms with Crippen LogP contribution in [0.3, 0.4) is 0 Å². The molecule has 0 aliphatic carbocycles. The van der Waals surface area contributed by atoms with Crippen LogP contribution in [-0.2, 0) is 0 Å². The number of aryl methyl sites for hydroxylation is 1. The standard InChI is InChI=1S/C13H19N2O2P/c1-9-2-3-11(13(16)17)12(8-9)14-10-4-6-15(18)7-5-10/h2-3,8,10,14H,4-7,18H2,1H3,(H,16,17). The Kier molecular flexibility index (Phi) is 4.20. The van der Waals surface area contributed by atoms with Crippen LogP contribution in [0.5, 0.6) is 0 Å². The molecule has 18 heavy (non-hydrogen) atoms. The number of nitrogens with one attached hydrogen (secondary N) is 1. The van der Waals surface area contributed by atoms with Crippen LogP contribution in [0.4, 0.5) is 5.69 Å². The fraction of sp³-hybridized carbons (Fsp3) is 0.462. The molecule has 0 radical (unpaired) electrons. The number of aromatic carboxylic acids is 1. The van der Waals surface area contributed by atoms with Crippen molar-refractivity contribution in [2.24, 2.45) is 0 Å². The highest BCUT2D eigenvalue weighted by Gasteiger charge is 2.18. The summed E-state index contributed by atoms with van der Waals surface area (Å²) in [5.41, 5.74) is 2.17. The zero-order valence-corrected chi connectivity index (χ0v) is 11.7. The monoisotopic (exact) mass is 266 g/mol. The van der Waals surface area contributed by atoms with Crippen molar-refractivity contribution in [2.75, 3.05) is 18.4 Å². The minimum absolute atomic E-state index is 0.355. The molecule has 0 saturated carbocycles. The lowest BCUT2D eigenvalue weighted by Gasteiger charge is -2.30. The highest BCUT2D eigenvalue weighted by atomic mass is 31.0. The molecule has 1 atom stereocenters. The van der Waals surface area contributed by atoms with Gasteiger partial charge in [-0.3, -0.25) is 4.67 Å². The van der Waals surface area contributed by atoms with Crippen molar-refractivity contribution in [3.05, 3.63) is 29.3 Å². The number of anilines is 1. The summed E-state index contributed by atoms with van der Waals surface area (Å²) < 4.78 is 2.21. The van der Waals surface area contributed by atoms with Gasteiger partial charge in [0.25, 0.3) is 0 Å². The van der Waals surface area contributed by atoms with Crippen LogP contribution in [0, 0.1) is 6.92 Å². The number of carboxylic acid groups (broad SMARTS) is 1. The SMILES string of the molecule is Cc1ccc(C(=O)O)c(NC2CCN(P)CC2)c1. The topological polar surface area (TPSA) is 52.6 Å². The summed E-state index contributed by atoms with van der Waals surface area (Å²) in [5.74, 6) is -0.874. The third-order valence-electron chi connectivity index (χ3n) is 3.29. The van der Waals surface area contributed by atoms with Crippen molar-refractivity contribution in [1.29, 1.82) is 0 Å². The van der Waals surface area contributed by atoms with Crippen LogP contribution in [0.25, 0.3) is 0 Å². The third kappa shape index (κ3) is 3.21. The average Bonchev–Trinajstić information content (AvgIpc) is 2.32. The molecule has 4 nitrogen and oxygen atoms in total. The molecule has 1 unspecified atom stereocenters. The third-order valence-corrected chi connectivity index (χ3v) is 3.81. The van der Waals surface area contributed by atoms with Crippen molar-refractivity contribution in [2.45, 2.75) is 25.8 Å². The zero-order valence-electron chi connectivity index (χ0n) is 10.5. The smallest absolute Gasteiger partial charge is 0.337 e. The summed E-state index contributed by atoms with van der Waals surface area (Å²) in [6.45, 7) is 4.02. The largest absolute Gasteiger partial charge is 0.478 e. The van der Waals surface area contributed by atoms with E-state index in [9.17, 15) is 9.90 Å². The Hall–Kier alpha value is -1.12. The second-order valence-corrected chi connectivity index (χ2v) is 5.54. The van der Waals surface area contributed by atoms with Crippen LogP contribution in [0.2, 0.25) is 0 Å². The predicted molar refractivity (Wildman–Crippen MR) is 76.1 cm³/mol. The van der Waals surface area contributed by atoms with E-state index in [1.165, 1.54) is 0 Å². The molecule has 1 aromatic rings. The molecule has 98 valence electrons. The number of piperidine rings is 1. The lowest BCUT2D eigenvalue weighted by Crippen LogP contribution is -2.34. The van der Waals surface area contributed by atoms with E-state index >= 15 is 0 Å². The van der Waals surface area contributed by atoms with Crippen molar-refractivity contribution in [1.82, 2.24) is 4.67 Å². The average molecular weight is 266 g/mol. The van der Waals surface area contributed by atoms with Crippen LogP contribution < -0.4 is 5.32 Å². The van der Waals surface area contributed by atoms with E-state index < -0.39 is 5.97 Å². The first-order valence-corrected chi connectivity index (χ1v) is 6.68. The van der Waals surface area contributed by atoms with E-state index in [0.29, 0.717) is 11.6 Å². The van der Waals surface area contributed by atoms with Crippen LogP contribution >= 0.6 is 9.39 Å². The molecule has 0 aromatic heterocycles. The minimum Gasteiger partial charge on any atom is -0.478 e. The molecule has 0 amide bonds. The van der Waals surface area contributed by atoms with Crippen molar-refractivity contribution < 1.29 is 9.90 Å². The fourth-order valence-electron chi connectivity index (χ4n) is 2.23. The van der Waals surface area contributed by atoms with Gasteiger partial charge in [-0.25, -0.2) is 4.79 Å². The summed E-state index contributed by atoms with van der Waals surface area (Å²) in [4.78, 5) is 11.2. The van der Waals surface area contributed by atoms with Gasteiger partial charge >= 0.3 is 5.97 Å². The fourth-order valence-corrected chi connectivity index (χ4v) is 2.53. The highest BCUT2D eigenvalue weighted by Crippen LogP contribution is 2.22. The molecule has 1 fully saturated rings. The van der Waals surface area contributed by atoms with Gasteiger partial charge in [0.1, 0.15) is 0 Å². The number of rotatable bonds is 3. The molecule has 1 aliphatic heterocycles. The van der Waals surface area contributed by atoms with Gasteiger partial charge in [0.15, 0.2) is 0 Å². The van der Waals surface area contributed by atoms with Gasteiger partial charge in [0.2, 0.25) is 0 Å². The van der Waals surface area contributed by atoms with Gasteiger partial charge in [0.05, 0.1) is 5.56 Å². The lowest BCUT2D eigenvalue weighted by molar-refractivity contribution is 0.0698. The second-order valence-electron chi connectivity index (χ2n) is 4.81. The van der Waals surface area contributed by atoms with E-state index in [4.69, 9.17) is 0 Å². The maximum atomic E-state index is 11.2. The van der Waals surface area contributed by atoms with Gasteiger partial charge in [-0.15, -0.1) is 0 Å². The van der Waals surface area contributed by atoms with E-state index in [0.717, 1.165) is 37.2 Å². The number of carboxylic acids is 1. The Morgan fingerprint density at radius 3 is 2.72 bits per heavy atom. The Labute approximate surface area is 110 Å². The molecule has 1 aliphatic rings. The molecule has 5 heteroatoms. The molecule has 1 saturated heterocycles. The van der Waals surface area contributed by atoms with Crippen molar-refractivity contribution in [3.8, 4) is 0 Å². The molecular formula is C13H19N2O2P. The summed E-state index contributed by atoms with van der Waals surface area (Å²) in [6, 6.07) is 5.78. The van der Waals surface area contributed by atoms with E-state index in [2.05, 4.69) is 19.4 Å². The van der Waals surface area contributed by atoms with Crippen molar-refractivity contribution >= 4 is 21.0 Å². The van der Waals surface area contributed by atoms with Gasteiger partial charge < -0.3 is 10.4 Å². The summed E-state index contributed by atoms with van der Waals surface area (Å²) in [6.07, 6.45) is 2.08. The molecule has 1 heterocycles. The molecule has 0 bridgehead atoms. The first kappa shape index (κ1) is 13.3. The first-order chi connectivity index (χ1) is 8.56. The maximum Gasteiger partial charge on any atom is 0.337 e. The highest BCUT2D eigenvalue weighted by molar-refractivity contribution is 7.13. The number of hydrogen-bond acceptors (Lipinski definition) is 3. The Bertz CT molecular complexity index is 443. The van der Waals surface area contributed by atoms with Crippen LogP contribution in [-0.4, -0.2) is 34.9 Å². The molecule has 0 spiro atoms. The normalized spacial score (nSPS) is 17.7. The minimum atomic E-state index is -0.874. The van der Waals surface area contributed by atoms with Gasteiger partial charge in [-0.2, -0.15) is 0 Å². The number of benzene rings is 1. The van der Waals surface area contributed by atoms with Gasteiger partial charge in [0, 0.05) is 24.8 Å². The quantitative estimate of drug-likeness (QED) is 0.825. The Morgan fingerprint density at radius 1 is 1.44 bits per heavy atom. The van der Waals surface area contributed by atoms with Crippen LogP contribution in [0.1, 0.15) is 28.8 Å². The van der Waals surface area contributed by atoms with E-state index in [1.54, 1.807) is 6.07 Å². The first-order valence-electron chi connectivity index (χ1n) is 6.16. The van der Waals surface area contributed by atoms with Gasteiger partial charge in [-0.1, -0.05) is 15.5 Å². The lowest BCUT2D eigenvalue weighted by atomic mass is 10.0. The van der Waals surface area contributed by atoms with Crippen LogP contribution in [0.15, 0.2) is 18.2 Å². The van der Waals surface area contributed by atoms with E-state index in [1.807, 2.05) is 19.1 Å². The number of hydrogen-bond donors (Lipinski definition) is 2. The predicted octanol–water partition coefficient (Wildman–Crippen LogP) is 2.36. The molecule has 1 aromatic carbocycles.